The van der Waals surface area contributed by atoms with Crippen molar-refractivity contribution in [3.05, 3.63) is 47.1 Å². The lowest BCUT2D eigenvalue weighted by molar-refractivity contribution is 0.354. The largest absolute Gasteiger partial charge is 0.338 e. The molecular formula is C17H23N3O. The molecule has 0 amide bonds. The predicted octanol–water partition coefficient (Wildman–Crippen LogP) is 3.09. The molecule has 0 aliphatic heterocycles. The highest BCUT2D eigenvalue weighted by molar-refractivity contribution is 5.31. The highest BCUT2D eigenvalue weighted by Crippen LogP contribution is 2.31. The number of hydrogen-bond acceptors (Lipinski definition) is 4. The fraction of sp³-hybridized carbons (Fsp3) is 0.529. The van der Waals surface area contributed by atoms with Gasteiger partial charge in [0.1, 0.15) is 0 Å². The summed E-state index contributed by atoms with van der Waals surface area (Å²) in [6, 6.07) is 8.67. The van der Waals surface area contributed by atoms with E-state index in [1.165, 1.54) is 11.1 Å². The summed E-state index contributed by atoms with van der Waals surface area (Å²) in [5, 5.41) is 7.52. The van der Waals surface area contributed by atoms with Crippen LogP contribution in [0.1, 0.15) is 49.0 Å². The van der Waals surface area contributed by atoms with Gasteiger partial charge in [0, 0.05) is 5.92 Å². The highest BCUT2D eigenvalue weighted by atomic mass is 16.5. The number of aryl methyl sites for hydroxylation is 1. The molecule has 2 aromatic rings. The number of nitrogens with zero attached hydrogens (tertiary/aromatic N) is 2. The van der Waals surface area contributed by atoms with Crippen LogP contribution in [0.15, 0.2) is 28.8 Å². The third kappa shape index (κ3) is 3.50. The molecule has 0 bridgehead atoms. The molecule has 1 atom stereocenters. The van der Waals surface area contributed by atoms with Gasteiger partial charge in [-0.1, -0.05) is 43.3 Å². The first kappa shape index (κ1) is 14.3. The molecule has 0 saturated carbocycles. The SMILES string of the molecule is CC(C)CNCc1nc(C2CCc3ccccc3C2)no1. The Morgan fingerprint density at radius 3 is 2.90 bits per heavy atom. The summed E-state index contributed by atoms with van der Waals surface area (Å²) in [5.74, 6) is 2.58. The summed E-state index contributed by atoms with van der Waals surface area (Å²) in [7, 11) is 0. The first-order valence-corrected chi connectivity index (χ1v) is 7.82. The normalized spacial score (nSPS) is 18.0. The Labute approximate surface area is 126 Å². The van der Waals surface area contributed by atoms with Crippen LogP contribution in [-0.4, -0.2) is 16.7 Å². The summed E-state index contributed by atoms with van der Waals surface area (Å²) in [4.78, 5) is 4.56. The number of rotatable bonds is 5. The second-order valence-corrected chi connectivity index (χ2v) is 6.28. The van der Waals surface area contributed by atoms with Crippen LogP contribution < -0.4 is 5.32 Å². The van der Waals surface area contributed by atoms with E-state index in [0.717, 1.165) is 31.6 Å². The quantitative estimate of drug-likeness (QED) is 0.917. The number of aromatic nitrogens is 2. The van der Waals surface area contributed by atoms with Crippen molar-refractivity contribution in [3.8, 4) is 0 Å². The Morgan fingerprint density at radius 2 is 2.10 bits per heavy atom. The number of hydrogen-bond donors (Lipinski definition) is 1. The van der Waals surface area contributed by atoms with Gasteiger partial charge < -0.3 is 9.84 Å². The van der Waals surface area contributed by atoms with Gasteiger partial charge in [-0.15, -0.1) is 0 Å². The van der Waals surface area contributed by atoms with E-state index < -0.39 is 0 Å². The highest BCUT2D eigenvalue weighted by Gasteiger charge is 2.23. The topological polar surface area (TPSA) is 51.0 Å². The fourth-order valence-corrected chi connectivity index (χ4v) is 2.89. The summed E-state index contributed by atoms with van der Waals surface area (Å²) >= 11 is 0. The Kier molecular flexibility index (Phi) is 4.34. The number of benzene rings is 1. The Balaban J connectivity index is 1.62. The summed E-state index contributed by atoms with van der Waals surface area (Å²) in [6.07, 6.45) is 3.24. The molecule has 1 aliphatic carbocycles. The van der Waals surface area contributed by atoms with Crippen molar-refractivity contribution >= 4 is 0 Å². The molecule has 1 aliphatic rings. The molecule has 3 rings (SSSR count). The van der Waals surface area contributed by atoms with E-state index >= 15 is 0 Å². The standard InChI is InChI=1S/C17H23N3O/c1-12(2)10-18-11-16-19-17(20-21-16)15-8-7-13-5-3-4-6-14(13)9-15/h3-6,12,15,18H,7-11H2,1-2H3. The van der Waals surface area contributed by atoms with Gasteiger partial charge in [0.05, 0.1) is 6.54 Å². The van der Waals surface area contributed by atoms with Crippen LogP contribution in [0.4, 0.5) is 0 Å². The average Bonchev–Trinajstić information content (AvgIpc) is 2.95. The molecule has 0 radical (unpaired) electrons. The van der Waals surface area contributed by atoms with Gasteiger partial charge in [0.15, 0.2) is 5.82 Å². The van der Waals surface area contributed by atoms with Gasteiger partial charge in [0.25, 0.3) is 0 Å². The van der Waals surface area contributed by atoms with Crippen molar-refractivity contribution in [2.24, 2.45) is 5.92 Å². The number of fused-ring (bicyclic) bond motifs is 1. The van der Waals surface area contributed by atoms with Crippen LogP contribution in [0.3, 0.4) is 0 Å². The minimum Gasteiger partial charge on any atom is -0.338 e. The van der Waals surface area contributed by atoms with E-state index in [1.54, 1.807) is 0 Å². The van der Waals surface area contributed by atoms with Crippen LogP contribution in [0.25, 0.3) is 0 Å². The van der Waals surface area contributed by atoms with Crippen LogP contribution in [-0.2, 0) is 19.4 Å². The third-order valence-corrected chi connectivity index (χ3v) is 4.02. The first-order chi connectivity index (χ1) is 10.2. The predicted molar refractivity (Wildman–Crippen MR) is 82.1 cm³/mol. The van der Waals surface area contributed by atoms with Gasteiger partial charge in [0.2, 0.25) is 5.89 Å². The van der Waals surface area contributed by atoms with Crippen molar-refractivity contribution in [1.29, 1.82) is 0 Å². The summed E-state index contributed by atoms with van der Waals surface area (Å²) < 4.78 is 5.36. The maximum atomic E-state index is 5.36. The average molecular weight is 285 g/mol. The molecule has 1 aromatic heterocycles. The second-order valence-electron chi connectivity index (χ2n) is 6.28. The van der Waals surface area contributed by atoms with Crippen molar-refractivity contribution in [1.82, 2.24) is 15.5 Å². The molecule has 112 valence electrons. The first-order valence-electron chi connectivity index (χ1n) is 7.82. The third-order valence-electron chi connectivity index (χ3n) is 4.02. The van der Waals surface area contributed by atoms with Gasteiger partial charge >= 0.3 is 0 Å². The lowest BCUT2D eigenvalue weighted by Gasteiger charge is -2.21. The molecule has 21 heavy (non-hydrogen) atoms. The second kappa shape index (κ2) is 6.39. The van der Waals surface area contributed by atoms with E-state index in [4.69, 9.17) is 4.52 Å². The fourth-order valence-electron chi connectivity index (χ4n) is 2.89. The zero-order valence-electron chi connectivity index (χ0n) is 12.8. The van der Waals surface area contributed by atoms with E-state index in [-0.39, 0.29) is 0 Å². The van der Waals surface area contributed by atoms with Crippen LogP contribution in [0.2, 0.25) is 0 Å². The maximum absolute atomic E-state index is 5.36. The van der Waals surface area contributed by atoms with Gasteiger partial charge in [-0.3, -0.25) is 0 Å². The van der Waals surface area contributed by atoms with Crippen LogP contribution in [0.5, 0.6) is 0 Å². The smallest absolute Gasteiger partial charge is 0.240 e. The molecule has 0 saturated heterocycles. The van der Waals surface area contributed by atoms with Crippen molar-refractivity contribution in [2.45, 2.75) is 45.6 Å². The van der Waals surface area contributed by atoms with E-state index in [0.29, 0.717) is 24.3 Å². The molecule has 1 heterocycles. The van der Waals surface area contributed by atoms with E-state index in [1.807, 2.05) is 0 Å². The zero-order chi connectivity index (χ0) is 14.7. The Bertz CT molecular complexity index is 591. The number of nitrogens with one attached hydrogen (secondary N) is 1. The molecule has 4 nitrogen and oxygen atoms in total. The molecule has 0 fully saturated rings. The monoisotopic (exact) mass is 285 g/mol. The van der Waals surface area contributed by atoms with Crippen molar-refractivity contribution in [2.75, 3.05) is 6.54 Å². The van der Waals surface area contributed by atoms with E-state index in [9.17, 15) is 0 Å². The lowest BCUT2D eigenvalue weighted by Crippen LogP contribution is -2.19. The van der Waals surface area contributed by atoms with Gasteiger partial charge in [-0.2, -0.15) is 4.98 Å². The Morgan fingerprint density at radius 1 is 1.29 bits per heavy atom. The van der Waals surface area contributed by atoms with Crippen molar-refractivity contribution < 1.29 is 4.52 Å². The minimum absolute atomic E-state index is 0.391. The molecule has 1 unspecified atom stereocenters. The maximum Gasteiger partial charge on any atom is 0.240 e. The lowest BCUT2D eigenvalue weighted by atomic mass is 9.83. The minimum atomic E-state index is 0.391. The molecule has 0 spiro atoms. The van der Waals surface area contributed by atoms with Crippen LogP contribution in [0, 0.1) is 5.92 Å². The molecular weight excluding hydrogens is 262 g/mol. The summed E-state index contributed by atoms with van der Waals surface area (Å²) in [6.45, 7) is 6.00. The summed E-state index contributed by atoms with van der Waals surface area (Å²) in [5.41, 5.74) is 2.90. The van der Waals surface area contributed by atoms with E-state index in [2.05, 4.69) is 53.6 Å². The van der Waals surface area contributed by atoms with Crippen molar-refractivity contribution in [3.63, 3.8) is 0 Å². The molecule has 1 N–H and O–H groups in total. The molecule has 1 aromatic carbocycles. The van der Waals surface area contributed by atoms with Gasteiger partial charge in [-0.25, -0.2) is 0 Å². The zero-order valence-corrected chi connectivity index (χ0v) is 12.8. The van der Waals surface area contributed by atoms with Crippen LogP contribution >= 0.6 is 0 Å². The Hall–Kier alpha value is -1.68. The molecule has 4 heteroatoms. The van der Waals surface area contributed by atoms with Gasteiger partial charge in [-0.05, 0) is 42.9 Å².